The first-order valence-corrected chi connectivity index (χ1v) is 12.7. The molecular weight excluding hydrogens is 436 g/mol. The van der Waals surface area contributed by atoms with Crippen LogP contribution in [0.15, 0.2) is 16.8 Å². The van der Waals surface area contributed by atoms with Gasteiger partial charge in [0, 0.05) is 37.0 Å². The van der Waals surface area contributed by atoms with E-state index in [0.29, 0.717) is 23.5 Å². The Morgan fingerprint density at radius 1 is 1.15 bits per heavy atom. The first-order chi connectivity index (χ1) is 16.0. The lowest BCUT2D eigenvalue weighted by Gasteiger charge is -2.58. The molecule has 8 nitrogen and oxygen atoms in total. The minimum Gasteiger partial charge on any atom is -0.462 e. The Morgan fingerprint density at radius 3 is 2.53 bits per heavy atom. The number of nitro groups is 1. The van der Waals surface area contributed by atoms with Gasteiger partial charge in [0.15, 0.2) is 0 Å². The Balaban J connectivity index is 1.63. The molecule has 8 atom stereocenters. The van der Waals surface area contributed by atoms with Crippen LogP contribution in [-0.2, 0) is 19.2 Å². The highest BCUT2D eigenvalue weighted by molar-refractivity contribution is 5.86. The molecule has 0 heterocycles. The number of rotatable bonds is 5. The molecule has 3 saturated carbocycles. The van der Waals surface area contributed by atoms with E-state index in [0.717, 1.165) is 44.9 Å². The van der Waals surface area contributed by atoms with Crippen molar-refractivity contribution in [2.45, 2.75) is 85.7 Å². The van der Waals surface area contributed by atoms with Crippen molar-refractivity contribution in [2.24, 2.45) is 45.6 Å². The zero-order valence-corrected chi connectivity index (χ0v) is 21.0. The number of fused-ring (bicyclic) bond motifs is 5. The lowest BCUT2D eigenvalue weighted by molar-refractivity contribution is -0.489. The van der Waals surface area contributed by atoms with Crippen molar-refractivity contribution in [1.82, 2.24) is 0 Å². The normalized spacial score (nSPS) is 41.4. The summed E-state index contributed by atoms with van der Waals surface area (Å²) in [5.41, 5.74) is 2.12. The number of carbonyl (C=O) groups excluding carboxylic acids is 2. The zero-order chi connectivity index (χ0) is 24.8. The molecule has 0 radical (unpaired) electrons. The number of hydrogen-bond donors (Lipinski definition) is 0. The second-order valence-corrected chi connectivity index (χ2v) is 11.6. The maximum absolute atomic E-state index is 11.6. The first-order valence-electron chi connectivity index (χ1n) is 12.7. The van der Waals surface area contributed by atoms with E-state index in [1.807, 2.05) is 6.92 Å². The average molecular weight is 475 g/mol. The predicted octanol–water partition coefficient (Wildman–Crippen LogP) is 4.94. The number of esters is 1. The molecule has 8 heteroatoms. The van der Waals surface area contributed by atoms with E-state index in [9.17, 15) is 19.7 Å². The Hall–Kier alpha value is -2.25. The fourth-order valence-electron chi connectivity index (χ4n) is 8.52. The van der Waals surface area contributed by atoms with E-state index in [1.54, 1.807) is 0 Å². The van der Waals surface area contributed by atoms with Crippen molar-refractivity contribution in [2.75, 3.05) is 6.54 Å². The summed E-state index contributed by atoms with van der Waals surface area (Å²) in [7, 11) is 0. The van der Waals surface area contributed by atoms with Gasteiger partial charge >= 0.3 is 11.9 Å². The standard InChI is InChI=1S/C26H38N2O6/c1-15(27-34-17(3)30)24-18(14-28(31)32)12-23-21-7-6-19-13-20(33-16(2)29)8-10-25(19,4)22(21)9-11-26(23,24)5/h6,18,20-24H,7-14H2,1-5H3. The quantitative estimate of drug-likeness (QED) is 0.139. The van der Waals surface area contributed by atoms with Crippen molar-refractivity contribution in [3.8, 4) is 0 Å². The van der Waals surface area contributed by atoms with Crippen molar-refractivity contribution in [1.29, 1.82) is 0 Å². The third-order valence-corrected chi connectivity index (χ3v) is 9.72. The molecule has 0 aliphatic heterocycles. The van der Waals surface area contributed by atoms with Gasteiger partial charge in [0.1, 0.15) is 6.10 Å². The van der Waals surface area contributed by atoms with Crippen LogP contribution < -0.4 is 0 Å². The Kier molecular flexibility index (Phi) is 6.64. The Bertz CT molecular complexity index is 928. The maximum atomic E-state index is 11.6. The van der Waals surface area contributed by atoms with Crippen LogP contribution in [0.5, 0.6) is 0 Å². The summed E-state index contributed by atoms with van der Waals surface area (Å²) in [5, 5.41) is 15.7. The zero-order valence-electron chi connectivity index (χ0n) is 21.0. The summed E-state index contributed by atoms with van der Waals surface area (Å²) >= 11 is 0. The van der Waals surface area contributed by atoms with Gasteiger partial charge in [-0.3, -0.25) is 14.9 Å². The van der Waals surface area contributed by atoms with Gasteiger partial charge in [0.05, 0.1) is 5.71 Å². The molecule has 0 N–H and O–H groups in total. The van der Waals surface area contributed by atoms with Crippen LogP contribution in [0.4, 0.5) is 0 Å². The predicted molar refractivity (Wildman–Crippen MR) is 126 cm³/mol. The van der Waals surface area contributed by atoms with Gasteiger partial charge in [-0.15, -0.1) is 0 Å². The van der Waals surface area contributed by atoms with Crippen molar-refractivity contribution in [3.05, 3.63) is 21.8 Å². The van der Waals surface area contributed by atoms with Crippen LogP contribution in [-0.4, -0.2) is 35.2 Å². The van der Waals surface area contributed by atoms with Crippen LogP contribution in [0, 0.1) is 50.5 Å². The molecule has 0 bridgehead atoms. The van der Waals surface area contributed by atoms with Gasteiger partial charge in [0.2, 0.25) is 6.54 Å². The molecule has 188 valence electrons. The van der Waals surface area contributed by atoms with E-state index in [4.69, 9.17) is 9.57 Å². The molecule has 0 amide bonds. The molecular formula is C26H38N2O6. The highest BCUT2D eigenvalue weighted by atomic mass is 16.7. The van der Waals surface area contributed by atoms with Gasteiger partial charge in [0.25, 0.3) is 0 Å². The molecule has 0 aromatic heterocycles. The summed E-state index contributed by atoms with van der Waals surface area (Å²) in [6, 6.07) is 0. The third kappa shape index (κ3) is 4.29. The van der Waals surface area contributed by atoms with Crippen LogP contribution in [0.1, 0.15) is 79.6 Å². The smallest absolute Gasteiger partial charge is 0.331 e. The van der Waals surface area contributed by atoms with E-state index in [1.165, 1.54) is 19.4 Å². The number of hydrogen-bond acceptors (Lipinski definition) is 7. The van der Waals surface area contributed by atoms with Gasteiger partial charge in [-0.2, -0.15) is 0 Å². The summed E-state index contributed by atoms with van der Waals surface area (Å²) < 4.78 is 5.55. The summed E-state index contributed by atoms with van der Waals surface area (Å²) in [6.45, 7) is 9.24. The number of allylic oxidation sites excluding steroid dienone is 1. The van der Waals surface area contributed by atoms with Crippen LogP contribution in [0.2, 0.25) is 0 Å². The second-order valence-electron chi connectivity index (χ2n) is 11.6. The first kappa shape index (κ1) is 24.9. The molecule has 0 aromatic rings. The maximum Gasteiger partial charge on any atom is 0.331 e. The minimum absolute atomic E-state index is 0.0253. The van der Waals surface area contributed by atoms with Gasteiger partial charge in [-0.1, -0.05) is 30.7 Å². The van der Waals surface area contributed by atoms with Crippen LogP contribution in [0.3, 0.4) is 0 Å². The van der Waals surface area contributed by atoms with E-state index in [-0.39, 0.29) is 46.2 Å². The molecule has 4 aliphatic carbocycles. The Morgan fingerprint density at radius 2 is 1.88 bits per heavy atom. The minimum atomic E-state index is -0.476. The lowest BCUT2D eigenvalue weighted by Crippen LogP contribution is -2.51. The molecule has 4 rings (SSSR count). The van der Waals surface area contributed by atoms with Gasteiger partial charge in [-0.25, -0.2) is 4.79 Å². The Labute approximate surface area is 201 Å². The number of nitrogens with zero attached hydrogens (tertiary/aromatic N) is 2. The average Bonchev–Trinajstić information content (AvgIpc) is 3.03. The van der Waals surface area contributed by atoms with Crippen molar-refractivity contribution in [3.63, 3.8) is 0 Å². The highest BCUT2D eigenvalue weighted by Crippen LogP contribution is 2.67. The monoisotopic (exact) mass is 474 g/mol. The van der Waals surface area contributed by atoms with Gasteiger partial charge in [-0.05, 0) is 74.0 Å². The topological polar surface area (TPSA) is 108 Å². The van der Waals surface area contributed by atoms with Gasteiger partial charge < -0.3 is 9.57 Å². The molecule has 0 spiro atoms. The summed E-state index contributed by atoms with van der Waals surface area (Å²) in [4.78, 5) is 39.2. The molecule has 34 heavy (non-hydrogen) atoms. The summed E-state index contributed by atoms with van der Waals surface area (Å²) in [6.07, 6.45) is 8.93. The summed E-state index contributed by atoms with van der Waals surface area (Å²) in [5.74, 6) is 0.501. The van der Waals surface area contributed by atoms with E-state index in [2.05, 4.69) is 25.1 Å². The fourth-order valence-corrected chi connectivity index (χ4v) is 8.52. The fraction of sp³-hybridized carbons (Fsp3) is 0.808. The van der Waals surface area contributed by atoms with Crippen LogP contribution >= 0.6 is 0 Å². The highest BCUT2D eigenvalue weighted by Gasteiger charge is 2.62. The SMILES string of the molecule is CC(=O)ON=C(C)C1C(C[N+](=O)[O-])CC2C3CC=C4CC(OC(C)=O)CCC4(C)C3CCC21C. The van der Waals surface area contributed by atoms with E-state index < -0.39 is 5.97 Å². The number of oxime groups is 1. The molecule has 3 fully saturated rings. The second kappa shape index (κ2) is 9.08. The number of ether oxygens (including phenoxy) is 1. The molecule has 4 aliphatic rings. The molecule has 8 unspecified atom stereocenters. The van der Waals surface area contributed by atoms with Crippen molar-refractivity contribution >= 4 is 17.7 Å². The molecule has 0 aromatic carbocycles. The largest absolute Gasteiger partial charge is 0.462 e. The van der Waals surface area contributed by atoms with Crippen molar-refractivity contribution < 1.29 is 24.1 Å². The van der Waals surface area contributed by atoms with Crippen LogP contribution in [0.25, 0.3) is 0 Å². The molecule has 0 saturated heterocycles. The number of carbonyl (C=O) groups is 2. The van der Waals surface area contributed by atoms with E-state index >= 15 is 0 Å². The third-order valence-electron chi connectivity index (χ3n) is 9.72. The lowest BCUT2D eigenvalue weighted by atomic mass is 9.47.